The van der Waals surface area contributed by atoms with Gasteiger partial charge in [0.2, 0.25) is 0 Å². The van der Waals surface area contributed by atoms with Gasteiger partial charge in [0.25, 0.3) is 0 Å². The molecule has 0 aromatic heterocycles. The summed E-state index contributed by atoms with van der Waals surface area (Å²) >= 11 is 0. The van der Waals surface area contributed by atoms with Crippen molar-refractivity contribution in [3.05, 3.63) is 70.8 Å². The lowest BCUT2D eigenvalue weighted by Crippen LogP contribution is -2.31. The molecule has 0 amide bonds. The molecular formula is C28H38O6. The Balaban J connectivity index is 1.71. The van der Waals surface area contributed by atoms with Gasteiger partial charge in [-0.15, -0.1) is 0 Å². The molecular weight excluding hydrogens is 432 g/mol. The van der Waals surface area contributed by atoms with Crippen LogP contribution in [0.5, 0.6) is 0 Å². The normalized spacial score (nSPS) is 14.0. The highest BCUT2D eigenvalue weighted by Gasteiger charge is 2.26. The molecule has 0 saturated carbocycles. The van der Waals surface area contributed by atoms with Crippen LogP contribution in [0.3, 0.4) is 0 Å². The number of Topliss-reactive ketones (excluding diaryl/α,β-unsaturated/α-hetero) is 2. The zero-order valence-electron chi connectivity index (χ0n) is 21.1. The Morgan fingerprint density at radius 1 is 0.824 bits per heavy atom. The van der Waals surface area contributed by atoms with Crippen molar-refractivity contribution < 1.29 is 29.3 Å². The molecule has 6 heteroatoms. The van der Waals surface area contributed by atoms with Gasteiger partial charge >= 0.3 is 0 Å². The maximum Gasteiger partial charge on any atom is 0.193 e. The number of carbonyl (C=O) groups excluding carboxylic acids is 2. The Morgan fingerprint density at radius 2 is 1.29 bits per heavy atom. The topological polar surface area (TPSA) is 93.1 Å². The summed E-state index contributed by atoms with van der Waals surface area (Å²) in [5, 5.41) is 19.7. The third kappa shape index (κ3) is 8.44. The van der Waals surface area contributed by atoms with Crippen molar-refractivity contribution in [1.29, 1.82) is 0 Å². The molecule has 6 nitrogen and oxygen atoms in total. The zero-order chi connectivity index (χ0) is 25.5. The zero-order valence-corrected chi connectivity index (χ0v) is 21.1. The highest BCUT2D eigenvalue weighted by atomic mass is 16.5. The standard InChI is InChI=1S/C28H38O6/c1-19(17-33-18-21-7-9-23(10-8-21)25(29)27(3,4)31)15-16-34-20(2)22-11-13-24(14-12-22)26(30)28(5,6)32/h7-14,19-20,31-32H,15-18H2,1-6H3. The molecule has 0 saturated heterocycles. The molecule has 0 aliphatic heterocycles. The van der Waals surface area contributed by atoms with E-state index < -0.39 is 11.2 Å². The minimum Gasteiger partial charge on any atom is -0.382 e. The molecule has 2 N–H and O–H groups in total. The van der Waals surface area contributed by atoms with Crippen LogP contribution in [-0.2, 0) is 16.1 Å². The first-order chi connectivity index (χ1) is 15.8. The summed E-state index contributed by atoms with van der Waals surface area (Å²) < 4.78 is 11.8. The van der Waals surface area contributed by atoms with E-state index in [-0.39, 0.29) is 17.7 Å². The second-order valence-electron chi connectivity index (χ2n) is 10.0. The molecule has 0 heterocycles. The molecule has 0 aliphatic rings. The third-order valence-electron chi connectivity index (χ3n) is 5.62. The Morgan fingerprint density at radius 3 is 1.76 bits per heavy atom. The van der Waals surface area contributed by atoms with E-state index in [9.17, 15) is 19.8 Å². The van der Waals surface area contributed by atoms with Gasteiger partial charge in [-0.25, -0.2) is 0 Å². The van der Waals surface area contributed by atoms with Gasteiger partial charge in [-0.1, -0.05) is 55.5 Å². The van der Waals surface area contributed by atoms with E-state index in [2.05, 4.69) is 6.92 Å². The molecule has 0 bridgehead atoms. The first kappa shape index (κ1) is 27.9. The molecule has 0 radical (unpaired) electrons. The molecule has 0 fully saturated rings. The number of ketones is 2. The number of rotatable bonds is 13. The van der Waals surface area contributed by atoms with Crippen molar-refractivity contribution in [1.82, 2.24) is 0 Å². The Labute approximate surface area is 202 Å². The van der Waals surface area contributed by atoms with Crippen LogP contribution < -0.4 is 0 Å². The van der Waals surface area contributed by atoms with Crippen molar-refractivity contribution in [2.45, 2.75) is 71.9 Å². The Hall–Kier alpha value is -2.38. The van der Waals surface area contributed by atoms with E-state index in [1.54, 1.807) is 24.3 Å². The van der Waals surface area contributed by atoms with Crippen LogP contribution >= 0.6 is 0 Å². The summed E-state index contributed by atoms with van der Waals surface area (Å²) in [6.45, 7) is 11.6. The fourth-order valence-electron chi connectivity index (χ4n) is 3.37. The molecule has 2 unspecified atom stereocenters. The van der Waals surface area contributed by atoms with Crippen molar-refractivity contribution in [2.75, 3.05) is 13.2 Å². The monoisotopic (exact) mass is 470 g/mol. The molecule has 186 valence electrons. The number of benzene rings is 2. The molecule has 2 atom stereocenters. The first-order valence-electron chi connectivity index (χ1n) is 11.7. The Bertz CT molecular complexity index is 933. The minimum atomic E-state index is -1.39. The third-order valence-corrected chi connectivity index (χ3v) is 5.62. The molecule has 2 aromatic carbocycles. The molecule has 0 aliphatic carbocycles. The molecule has 0 spiro atoms. The lowest BCUT2D eigenvalue weighted by Gasteiger charge is -2.18. The van der Waals surface area contributed by atoms with Crippen LogP contribution in [0.15, 0.2) is 48.5 Å². The summed E-state index contributed by atoms with van der Waals surface area (Å²) in [6.07, 6.45) is 0.739. The summed E-state index contributed by atoms with van der Waals surface area (Å²) in [4.78, 5) is 24.2. The van der Waals surface area contributed by atoms with Crippen molar-refractivity contribution in [2.24, 2.45) is 5.92 Å². The van der Waals surface area contributed by atoms with E-state index in [0.29, 0.717) is 36.9 Å². The Kier molecular flexibility index (Phi) is 9.71. The molecule has 34 heavy (non-hydrogen) atoms. The average Bonchev–Trinajstić information content (AvgIpc) is 2.77. The smallest absolute Gasteiger partial charge is 0.193 e. The lowest BCUT2D eigenvalue weighted by molar-refractivity contribution is 0.0380. The van der Waals surface area contributed by atoms with E-state index in [1.165, 1.54) is 27.7 Å². The summed E-state index contributed by atoms with van der Waals surface area (Å²) in [7, 11) is 0. The number of hydrogen-bond donors (Lipinski definition) is 2. The SMILES string of the molecule is CC(CCOC(C)c1ccc(C(=O)C(C)(C)O)cc1)COCc1ccc(C(=O)C(C)(C)O)cc1. The van der Waals surface area contributed by atoms with Gasteiger partial charge in [0, 0.05) is 24.3 Å². The van der Waals surface area contributed by atoms with Crippen LogP contribution in [0.1, 0.15) is 85.9 Å². The minimum absolute atomic E-state index is 0.107. The van der Waals surface area contributed by atoms with Gasteiger partial charge in [0.05, 0.1) is 12.7 Å². The van der Waals surface area contributed by atoms with Crippen LogP contribution in [0.4, 0.5) is 0 Å². The number of hydrogen-bond acceptors (Lipinski definition) is 6. The number of ether oxygens (including phenoxy) is 2. The van der Waals surface area contributed by atoms with E-state index in [4.69, 9.17) is 9.47 Å². The van der Waals surface area contributed by atoms with Crippen LogP contribution in [0.2, 0.25) is 0 Å². The molecule has 2 rings (SSSR count). The summed E-state index contributed by atoms with van der Waals surface area (Å²) in [5.41, 5.74) is 0.134. The predicted molar refractivity (Wildman–Crippen MR) is 132 cm³/mol. The second-order valence-corrected chi connectivity index (χ2v) is 10.0. The van der Waals surface area contributed by atoms with Crippen LogP contribution in [0, 0.1) is 5.92 Å². The van der Waals surface area contributed by atoms with E-state index in [0.717, 1.165) is 17.5 Å². The molecule has 2 aromatic rings. The lowest BCUT2D eigenvalue weighted by atomic mass is 9.95. The van der Waals surface area contributed by atoms with E-state index >= 15 is 0 Å². The van der Waals surface area contributed by atoms with Crippen molar-refractivity contribution in [3.8, 4) is 0 Å². The van der Waals surface area contributed by atoms with Gasteiger partial charge in [-0.3, -0.25) is 9.59 Å². The van der Waals surface area contributed by atoms with Gasteiger partial charge in [0.1, 0.15) is 11.2 Å². The predicted octanol–water partition coefficient (Wildman–Crippen LogP) is 4.91. The van der Waals surface area contributed by atoms with Crippen molar-refractivity contribution >= 4 is 11.6 Å². The quantitative estimate of drug-likeness (QED) is 0.404. The van der Waals surface area contributed by atoms with Crippen LogP contribution in [-0.4, -0.2) is 46.2 Å². The van der Waals surface area contributed by atoms with E-state index in [1.807, 2.05) is 31.2 Å². The maximum absolute atomic E-state index is 12.1. The summed E-state index contributed by atoms with van der Waals surface area (Å²) in [6, 6.07) is 14.3. The van der Waals surface area contributed by atoms with Gasteiger partial charge in [-0.2, -0.15) is 0 Å². The maximum atomic E-state index is 12.1. The summed E-state index contributed by atoms with van der Waals surface area (Å²) in [5.74, 6) is -0.295. The van der Waals surface area contributed by atoms with Gasteiger partial charge in [-0.05, 0) is 58.1 Å². The largest absolute Gasteiger partial charge is 0.382 e. The average molecular weight is 471 g/mol. The van der Waals surface area contributed by atoms with Crippen molar-refractivity contribution in [3.63, 3.8) is 0 Å². The fraction of sp³-hybridized carbons (Fsp3) is 0.500. The number of carbonyl (C=O) groups is 2. The second kappa shape index (κ2) is 11.8. The van der Waals surface area contributed by atoms with Gasteiger partial charge < -0.3 is 19.7 Å². The highest BCUT2D eigenvalue weighted by Crippen LogP contribution is 2.21. The number of aliphatic hydroxyl groups is 2. The highest BCUT2D eigenvalue weighted by molar-refractivity contribution is 6.02. The fourth-order valence-corrected chi connectivity index (χ4v) is 3.37. The first-order valence-corrected chi connectivity index (χ1v) is 11.7. The van der Waals surface area contributed by atoms with Crippen LogP contribution in [0.25, 0.3) is 0 Å². The van der Waals surface area contributed by atoms with Gasteiger partial charge in [0.15, 0.2) is 11.6 Å².